The summed E-state index contributed by atoms with van der Waals surface area (Å²) >= 11 is 1.43. The second-order valence-corrected chi connectivity index (χ2v) is 17.6. The lowest BCUT2D eigenvalue weighted by Gasteiger charge is -2.36. The summed E-state index contributed by atoms with van der Waals surface area (Å²) in [7, 11) is -0.895. The molecule has 1 aliphatic carbocycles. The van der Waals surface area contributed by atoms with Crippen LogP contribution in [0.2, 0.25) is 0 Å². The van der Waals surface area contributed by atoms with Crippen molar-refractivity contribution in [2.75, 3.05) is 27.2 Å². The van der Waals surface area contributed by atoms with Gasteiger partial charge in [0, 0.05) is 32.6 Å². The van der Waals surface area contributed by atoms with Crippen LogP contribution < -0.4 is 10.6 Å². The van der Waals surface area contributed by atoms with Crippen LogP contribution in [0.4, 0.5) is 4.79 Å². The van der Waals surface area contributed by atoms with Gasteiger partial charge in [-0.15, -0.1) is 11.3 Å². The van der Waals surface area contributed by atoms with Gasteiger partial charge in [-0.3, -0.25) is 4.79 Å². The Morgan fingerprint density at radius 2 is 1.80 bits per heavy atom. The summed E-state index contributed by atoms with van der Waals surface area (Å²) in [5.74, 6) is -0.461. The van der Waals surface area contributed by atoms with E-state index in [1.807, 2.05) is 56.5 Å². The Morgan fingerprint density at radius 3 is 2.39 bits per heavy atom. The highest BCUT2D eigenvalue weighted by Crippen LogP contribution is 2.30. The number of nitrogens with one attached hydrogen (secondary N) is 2. The number of sulfonamides is 1. The van der Waals surface area contributed by atoms with Crippen molar-refractivity contribution in [3.63, 3.8) is 0 Å². The Hall–Kier alpha value is -3.93. The first-order valence-electron chi connectivity index (χ1n) is 18.0. The van der Waals surface area contributed by atoms with Gasteiger partial charge in [-0.1, -0.05) is 54.0 Å². The van der Waals surface area contributed by atoms with Crippen molar-refractivity contribution in [2.24, 2.45) is 11.1 Å². The van der Waals surface area contributed by atoms with E-state index in [0.29, 0.717) is 17.9 Å². The molecule has 54 heavy (non-hydrogen) atoms. The number of hydrogen-bond donors (Lipinski definition) is 4. The summed E-state index contributed by atoms with van der Waals surface area (Å²) in [5.41, 5.74) is 1.35. The van der Waals surface area contributed by atoms with E-state index in [9.17, 15) is 23.1 Å². The molecule has 14 nitrogen and oxygen atoms in total. The van der Waals surface area contributed by atoms with Crippen LogP contribution in [0.25, 0.3) is 0 Å². The highest BCUT2D eigenvalue weighted by atomic mass is 32.2. The molecule has 296 valence electrons. The first kappa shape index (κ1) is 42.8. The first-order valence-corrected chi connectivity index (χ1v) is 20.3. The molecule has 0 radical (unpaired) electrons. The van der Waals surface area contributed by atoms with Crippen molar-refractivity contribution in [1.82, 2.24) is 24.8 Å². The minimum Gasteiger partial charge on any atom is -0.411 e. The Labute approximate surface area is 322 Å². The molecule has 1 fully saturated rings. The molecule has 4 atom stereocenters. The van der Waals surface area contributed by atoms with Crippen LogP contribution in [0.1, 0.15) is 68.8 Å². The Balaban J connectivity index is 1.59. The summed E-state index contributed by atoms with van der Waals surface area (Å²) < 4.78 is 40.7. The number of aliphatic hydroxyl groups excluding tert-OH is 1. The number of amides is 3. The molecule has 0 aliphatic heterocycles. The van der Waals surface area contributed by atoms with Crippen molar-refractivity contribution in [1.29, 1.82) is 0 Å². The smallest absolute Gasteiger partial charge is 0.318 e. The predicted molar refractivity (Wildman–Crippen MR) is 207 cm³/mol. The lowest BCUT2D eigenvalue weighted by atomic mass is 9.85. The number of carbonyl (C=O) groups excluding carboxylic acids is 2. The maximum absolute atomic E-state index is 14.3. The lowest BCUT2D eigenvalue weighted by molar-refractivity contribution is -0.132. The third kappa shape index (κ3) is 12.6. The van der Waals surface area contributed by atoms with Crippen LogP contribution in [-0.2, 0) is 43.9 Å². The average Bonchev–Trinajstić information content (AvgIpc) is 3.54. The minimum absolute atomic E-state index is 0.0281. The first-order chi connectivity index (χ1) is 25.6. The topological polar surface area (TPSA) is 183 Å². The van der Waals surface area contributed by atoms with Crippen molar-refractivity contribution in [3.8, 4) is 0 Å². The molecule has 0 spiro atoms. The van der Waals surface area contributed by atoms with E-state index in [2.05, 4.69) is 20.8 Å². The molecular weight excluding hydrogens is 733 g/mol. The monoisotopic (exact) mass is 786 g/mol. The number of hydrogen-bond acceptors (Lipinski definition) is 11. The predicted octanol–water partition coefficient (Wildman–Crippen LogP) is 4.39. The zero-order chi connectivity index (χ0) is 39.5. The van der Waals surface area contributed by atoms with E-state index in [1.54, 1.807) is 21.1 Å². The molecule has 1 saturated carbocycles. The molecule has 1 heterocycles. The number of ether oxygens (including phenoxy) is 2. The van der Waals surface area contributed by atoms with Gasteiger partial charge in [-0.2, -0.15) is 4.31 Å². The van der Waals surface area contributed by atoms with Crippen LogP contribution >= 0.6 is 11.3 Å². The van der Waals surface area contributed by atoms with Gasteiger partial charge in [-0.05, 0) is 76.1 Å². The summed E-state index contributed by atoms with van der Waals surface area (Å²) in [6.45, 7) is 7.70. The number of carbonyl (C=O) groups is 2. The van der Waals surface area contributed by atoms with E-state index in [-0.39, 0.29) is 36.9 Å². The van der Waals surface area contributed by atoms with Crippen molar-refractivity contribution in [3.05, 3.63) is 81.8 Å². The van der Waals surface area contributed by atoms with Gasteiger partial charge in [-0.25, -0.2) is 18.2 Å². The third-order valence-electron chi connectivity index (χ3n) is 9.08. The second kappa shape index (κ2) is 19.6. The fourth-order valence-corrected chi connectivity index (χ4v) is 8.42. The summed E-state index contributed by atoms with van der Waals surface area (Å²) in [6, 6.07) is 12.5. The number of nitrogens with zero attached hydrogens (tertiary/aromatic N) is 4. The van der Waals surface area contributed by atoms with Gasteiger partial charge in [0.1, 0.15) is 11.0 Å². The van der Waals surface area contributed by atoms with Crippen LogP contribution in [0.3, 0.4) is 0 Å². The molecule has 4 N–H and O–H groups in total. The summed E-state index contributed by atoms with van der Waals surface area (Å²) in [4.78, 5) is 33.8. The van der Waals surface area contributed by atoms with Crippen molar-refractivity contribution in [2.45, 2.75) is 101 Å². The minimum atomic E-state index is -4.08. The fourth-order valence-electron chi connectivity index (χ4n) is 6.13. The van der Waals surface area contributed by atoms with E-state index >= 15 is 0 Å². The van der Waals surface area contributed by atoms with Gasteiger partial charge in [0.15, 0.2) is 0 Å². The zero-order valence-electron chi connectivity index (χ0n) is 31.8. The molecule has 0 saturated heterocycles. The quantitative estimate of drug-likeness (QED) is 0.0778. The molecule has 3 amide bonds. The molecular formula is C38H54N6O8S2. The van der Waals surface area contributed by atoms with Crippen LogP contribution in [0.5, 0.6) is 0 Å². The number of aliphatic hydroxyl groups is 1. The van der Waals surface area contributed by atoms with Crippen LogP contribution in [0.15, 0.2) is 70.0 Å². The van der Waals surface area contributed by atoms with Crippen molar-refractivity contribution < 1.29 is 37.8 Å². The zero-order valence-corrected chi connectivity index (χ0v) is 33.5. The SMILES string of the molecule is COCc1nc(CN(C)C(=O)N[C@H](C(=O)N[C@@H](Cc2ccccc2)[C@H](O)CN(CC2CCC2)S(=O)(=O)c2ccc(/C=N/O)cc2)[C@H](C)OC(C)(C)C)cs1. The van der Waals surface area contributed by atoms with Crippen LogP contribution in [0, 0.1) is 5.92 Å². The lowest BCUT2D eigenvalue weighted by Crippen LogP contribution is -2.60. The normalized spacial score (nSPS) is 16.1. The number of oxime groups is 1. The largest absolute Gasteiger partial charge is 0.411 e. The second-order valence-electron chi connectivity index (χ2n) is 14.7. The molecule has 0 bridgehead atoms. The number of benzene rings is 2. The number of rotatable bonds is 19. The molecule has 3 aromatic rings. The summed E-state index contributed by atoms with van der Waals surface area (Å²) in [5, 5.41) is 32.2. The molecule has 1 aromatic heterocycles. The maximum atomic E-state index is 14.3. The highest BCUT2D eigenvalue weighted by Gasteiger charge is 2.37. The van der Waals surface area contributed by atoms with Gasteiger partial charge in [0.2, 0.25) is 15.9 Å². The van der Waals surface area contributed by atoms with E-state index in [0.717, 1.165) is 29.8 Å². The van der Waals surface area contributed by atoms with Gasteiger partial charge >= 0.3 is 6.03 Å². The Bertz CT molecular complexity index is 1780. The maximum Gasteiger partial charge on any atom is 0.318 e. The molecule has 16 heteroatoms. The highest BCUT2D eigenvalue weighted by molar-refractivity contribution is 7.89. The summed E-state index contributed by atoms with van der Waals surface area (Å²) in [6.07, 6.45) is 1.99. The van der Waals surface area contributed by atoms with E-state index < -0.39 is 51.9 Å². The number of urea groups is 1. The Morgan fingerprint density at radius 1 is 1.11 bits per heavy atom. The molecule has 4 rings (SSSR count). The number of aromatic nitrogens is 1. The van der Waals surface area contributed by atoms with Crippen molar-refractivity contribution >= 4 is 39.5 Å². The fraction of sp³-hybridized carbons (Fsp3) is 0.526. The third-order valence-corrected chi connectivity index (χ3v) is 11.8. The van der Waals surface area contributed by atoms with Crippen LogP contribution in [-0.4, -0.2) is 108 Å². The number of methoxy groups -OCH3 is 1. The molecule has 1 aliphatic rings. The standard InChI is InChI=1S/C38H54N6O8S2/c1-26(52-38(2,3)4)35(42-37(47)43(5)22-30-25-53-34(40-30)24-51-6)36(46)41-32(19-27-11-8-7-9-12-27)33(45)23-44(21-29-13-10-14-29)54(49,50)31-17-15-28(16-18-31)20-39-48/h7-9,11-12,15-18,20,25-26,29,32-33,35,45,48H,10,13-14,19,21-24H2,1-6H3,(H,41,46)(H,42,47)/b39-20+/t26-,32-,33+,35-/m0/s1. The number of thiazole rings is 1. The average molecular weight is 787 g/mol. The van der Waals surface area contributed by atoms with E-state index in [1.165, 1.54) is 51.0 Å². The van der Waals surface area contributed by atoms with Gasteiger partial charge < -0.3 is 35.3 Å². The Kier molecular flexibility index (Phi) is 15.5. The van der Waals surface area contributed by atoms with E-state index in [4.69, 9.17) is 14.7 Å². The van der Waals surface area contributed by atoms with Gasteiger partial charge in [0.05, 0.1) is 53.8 Å². The van der Waals surface area contributed by atoms with Gasteiger partial charge in [0.25, 0.3) is 0 Å². The molecule has 0 unspecified atom stereocenters. The molecule has 2 aromatic carbocycles.